The first-order chi connectivity index (χ1) is 15.0. The molecule has 2 fully saturated rings. The fourth-order valence-electron chi connectivity index (χ4n) is 5.00. The van der Waals surface area contributed by atoms with Gasteiger partial charge < -0.3 is 0 Å². The Hall–Kier alpha value is 3.91. The van der Waals surface area contributed by atoms with Crippen LogP contribution in [-0.4, -0.2) is 62.1 Å². The van der Waals surface area contributed by atoms with E-state index in [1.807, 2.05) is 0 Å². The van der Waals surface area contributed by atoms with Crippen molar-refractivity contribution in [3.63, 3.8) is 0 Å². The van der Waals surface area contributed by atoms with Gasteiger partial charge in [-0.3, -0.25) is 0 Å². The van der Waals surface area contributed by atoms with E-state index in [9.17, 15) is 0 Å². The van der Waals surface area contributed by atoms with Crippen molar-refractivity contribution in [3.05, 3.63) is 0 Å². The standard InChI is InChI=1S/C26H60As2P6Si/c1-21(2,3)29-27(30(22(4,5)6)33(29)25(13,14)15)35(19,20)28-31(23(7,8)9)34(26(16,17)18)32(28)24(10,11)12/h1-20H3. The molecule has 0 aromatic heterocycles. The van der Waals surface area contributed by atoms with Crippen molar-refractivity contribution in [2.24, 2.45) is 0 Å². The summed E-state index contributed by atoms with van der Waals surface area (Å²) in [5, 5.41) is 2.17. The van der Waals surface area contributed by atoms with Crippen LogP contribution >= 0.6 is 39.3 Å². The van der Waals surface area contributed by atoms with E-state index < -0.39 is 31.2 Å². The van der Waals surface area contributed by atoms with Crippen LogP contribution in [0.25, 0.3) is 0 Å². The molecule has 2 aliphatic heterocycles. The van der Waals surface area contributed by atoms with E-state index in [0.29, 0.717) is 30.9 Å². The second-order valence-corrected chi connectivity index (χ2v) is 107. The van der Waals surface area contributed by atoms with Gasteiger partial charge in [0.25, 0.3) is 0 Å². The number of hydrogen-bond donors (Lipinski definition) is 0. The summed E-state index contributed by atoms with van der Waals surface area (Å²) in [6.45, 7) is 54.2. The zero-order valence-electron chi connectivity index (χ0n) is 27.1. The Morgan fingerprint density at radius 1 is 0.343 bits per heavy atom. The molecule has 0 aliphatic carbocycles. The Kier molecular flexibility index (Phi) is 10.6. The van der Waals surface area contributed by atoms with Crippen LogP contribution in [0.5, 0.6) is 0 Å². The molecule has 0 aromatic carbocycles. The van der Waals surface area contributed by atoms with Crippen molar-refractivity contribution >= 4 is 70.4 Å². The van der Waals surface area contributed by atoms with Gasteiger partial charge in [-0.2, -0.15) is 0 Å². The molecule has 0 bridgehead atoms. The summed E-state index contributed by atoms with van der Waals surface area (Å²) in [6, 6.07) is 0. The molecule has 9 heteroatoms. The molecule has 35 heavy (non-hydrogen) atoms. The van der Waals surface area contributed by atoms with Crippen molar-refractivity contribution in [2.45, 2.75) is 169 Å². The molecular weight excluding hydrogens is 676 g/mol. The Morgan fingerprint density at radius 3 is 0.629 bits per heavy atom. The third-order valence-electron chi connectivity index (χ3n) is 6.01. The Balaban J connectivity index is 2.77. The second kappa shape index (κ2) is 10.6. The van der Waals surface area contributed by atoms with Crippen LogP contribution in [0.3, 0.4) is 0 Å². The first-order valence-corrected chi connectivity index (χ1v) is 42.7. The van der Waals surface area contributed by atoms with Crippen LogP contribution in [0.4, 0.5) is 0 Å². The quantitative estimate of drug-likeness (QED) is 0.196. The maximum atomic E-state index is 3.07. The van der Waals surface area contributed by atoms with Gasteiger partial charge in [0.05, 0.1) is 0 Å². The zero-order chi connectivity index (χ0) is 28.1. The average Bonchev–Trinajstić information content (AvgIpc) is 2.32. The third kappa shape index (κ3) is 6.94. The molecule has 4 unspecified atom stereocenters. The second-order valence-electron chi connectivity index (χ2n) is 16.8. The van der Waals surface area contributed by atoms with E-state index in [2.05, 4.69) is 138 Å². The summed E-state index contributed by atoms with van der Waals surface area (Å²) < 4.78 is 0. The minimum absolute atomic E-state index is 0.203. The van der Waals surface area contributed by atoms with Crippen LogP contribution in [0, 0.1) is 0 Å². The SMILES string of the molecule is CC(C)(C)P1P(C(C)(C)C)[As]([Si](C)(C)[As]2P(C(C)(C)C)P(C(C)(C)C)P2C(C)(C)C)P1C(C)(C)C. The van der Waals surface area contributed by atoms with Gasteiger partial charge in [-0.1, -0.05) is 0 Å². The maximum absolute atomic E-state index is 3.07. The van der Waals surface area contributed by atoms with Crippen LogP contribution in [0.1, 0.15) is 125 Å². The first-order valence-electron chi connectivity index (χ1n) is 13.4. The molecule has 208 valence electrons. The number of rotatable bonds is 2. The molecule has 0 saturated carbocycles. The van der Waals surface area contributed by atoms with E-state index >= 15 is 0 Å². The van der Waals surface area contributed by atoms with Crippen LogP contribution in [0.2, 0.25) is 13.1 Å². The Bertz CT molecular complexity index is 669. The zero-order valence-corrected chi connectivity index (χ0v) is 37.2. The molecule has 0 nitrogen and oxygen atoms in total. The van der Waals surface area contributed by atoms with Crippen molar-refractivity contribution in [2.75, 3.05) is 0 Å². The predicted molar refractivity (Wildman–Crippen MR) is 189 cm³/mol. The molecule has 0 amide bonds. The van der Waals surface area contributed by atoms with Gasteiger partial charge in [-0.05, 0) is 0 Å². The molecule has 0 radical (unpaired) electrons. The fourth-order valence-corrected chi connectivity index (χ4v) is 405. The topological polar surface area (TPSA) is 0 Å². The molecule has 2 saturated heterocycles. The average molecular weight is 737 g/mol. The molecule has 2 heterocycles. The predicted octanol–water partition coefficient (Wildman–Crippen LogP) is 13.2. The Morgan fingerprint density at radius 2 is 0.514 bits per heavy atom. The fraction of sp³-hybridized carbons (Fsp3) is 1.00. The normalized spacial score (nSPS) is 36.0. The van der Waals surface area contributed by atoms with Crippen molar-refractivity contribution in [3.8, 4) is 0 Å². The van der Waals surface area contributed by atoms with Gasteiger partial charge in [-0.15, -0.1) is 0 Å². The van der Waals surface area contributed by atoms with E-state index in [0.717, 1.165) is 0 Å². The number of hydrogen-bond acceptors (Lipinski definition) is 0. The van der Waals surface area contributed by atoms with E-state index in [1.165, 1.54) is 0 Å². The summed E-state index contributed by atoms with van der Waals surface area (Å²) in [5.74, 6) is 0. The molecule has 0 N–H and O–H groups in total. The minimum atomic E-state index is -1.23. The first kappa shape index (κ1) is 35.1. The summed E-state index contributed by atoms with van der Waals surface area (Å²) in [4.78, 5) is 0. The summed E-state index contributed by atoms with van der Waals surface area (Å²) in [6.07, 6.45) is 1.06. The molecule has 4 atom stereocenters. The van der Waals surface area contributed by atoms with Gasteiger partial charge in [0.2, 0.25) is 0 Å². The van der Waals surface area contributed by atoms with Gasteiger partial charge in [0.1, 0.15) is 0 Å². The van der Waals surface area contributed by atoms with Crippen molar-refractivity contribution in [1.82, 2.24) is 0 Å². The summed E-state index contributed by atoms with van der Waals surface area (Å²) >= 11 is -1.73. The Labute approximate surface area is 237 Å². The van der Waals surface area contributed by atoms with Crippen LogP contribution in [0.15, 0.2) is 0 Å². The van der Waals surface area contributed by atoms with Gasteiger partial charge in [0, 0.05) is 0 Å². The summed E-state index contributed by atoms with van der Waals surface area (Å²) in [5.41, 5.74) is 0. The molecule has 2 rings (SSSR count). The molecule has 2 aliphatic rings. The van der Waals surface area contributed by atoms with Crippen LogP contribution < -0.4 is 0 Å². The van der Waals surface area contributed by atoms with Crippen molar-refractivity contribution < 1.29 is 0 Å². The van der Waals surface area contributed by atoms with E-state index in [4.69, 9.17) is 0 Å². The molecule has 0 aromatic rings. The van der Waals surface area contributed by atoms with Gasteiger partial charge in [0.15, 0.2) is 0 Å². The molecular formula is C26H60As2P6Si. The van der Waals surface area contributed by atoms with E-state index in [-0.39, 0.29) is 39.3 Å². The monoisotopic (exact) mass is 736 g/mol. The van der Waals surface area contributed by atoms with Gasteiger partial charge >= 0.3 is 239 Å². The van der Waals surface area contributed by atoms with Crippen molar-refractivity contribution in [1.29, 1.82) is 0 Å². The third-order valence-corrected chi connectivity index (χ3v) is 224. The van der Waals surface area contributed by atoms with Crippen LogP contribution in [-0.2, 0) is 0 Å². The van der Waals surface area contributed by atoms with Gasteiger partial charge in [-0.25, -0.2) is 0 Å². The summed E-state index contributed by atoms with van der Waals surface area (Å²) in [7, 11) is 0.405. The van der Waals surface area contributed by atoms with E-state index in [1.54, 1.807) is 0 Å². The molecule has 0 spiro atoms.